The van der Waals surface area contributed by atoms with Gasteiger partial charge in [0.2, 0.25) is 0 Å². The van der Waals surface area contributed by atoms with Gasteiger partial charge in [-0.2, -0.15) is 5.10 Å². The van der Waals surface area contributed by atoms with Crippen molar-refractivity contribution in [2.75, 3.05) is 0 Å². The third-order valence-corrected chi connectivity index (χ3v) is 3.56. The lowest BCUT2D eigenvalue weighted by molar-refractivity contribution is 0.555. The lowest BCUT2D eigenvalue weighted by Crippen LogP contribution is -2.17. The van der Waals surface area contributed by atoms with Crippen LogP contribution >= 0.6 is 15.9 Å². The molecular weight excluding hydrogens is 309 g/mol. The number of nitrogens with zero attached hydrogens (tertiary/aromatic N) is 2. The van der Waals surface area contributed by atoms with E-state index in [-0.39, 0.29) is 11.9 Å². The standard InChI is InChI=1S/C14H17BrFN3/c1-3-19-11(6-9(2)18-19)8-14(17)12-7-10(15)4-5-13(12)16/h4-7,14H,3,8,17H2,1-2H3. The molecule has 0 saturated carbocycles. The molecule has 3 nitrogen and oxygen atoms in total. The molecule has 1 atom stereocenters. The quantitative estimate of drug-likeness (QED) is 0.936. The van der Waals surface area contributed by atoms with Gasteiger partial charge in [-0.15, -0.1) is 0 Å². The molecule has 0 aliphatic rings. The molecule has 0 amide bonds. The third kappa shape index (κ3) is 3.22. The average Bonchev–Trinajstić information content (AvgIpc) is 2.72. The minimum atomic E-state index is -0.376. The van der Waals surface area contributed by atoms with Crippen LogP contribution in [0.3, 0.4) is 0 Å². The molecule has 0 fully saturated rings. The molecule has 5 heteroatoms. The van der Waals surface area contributed by atoms with Gasteiger partial charge in [-0.05, 0) is 38.1 Å². The topological polar surface area (TPSA) is 43.8 Å². The molecule has 2 N–H and O–H groups in total. The molecule has 1 unspecified atom stereocenters. The van der Waals surface area contributed by atoms with Crippen LogP contribution in [0.5, 0.6) is 0 Å². The minimum Gasteiger partial charge on any atom is -0.324 e. The van der Waals surface area contributed by atoms with E-state index in [9.17, 15) is 4.39 Å². The van der Waals surface area contributed by atoms with Gasteiger partial charge in [0.25, 0.3) is 0 Å². The first kappa shape index (κ1) is 14.2. The molecule has 0 saturated heterocycles. The fourth-order valence-corrected chi connectivity index (χ4v) is 2.55. The van der Waals surface area contributed by atoms with E-state index in [4.69, 9.17) is 5.73 Å². The Balaban J connectivity index is 2.25. The Bertz CT molecular complexity index is 580. The Labute approximate surface area is 120 Å². The number of rotatable bonds is 4. The monoisotopic (exact) mass is 325 g/mol. The summed E-state index contributed by atoms with van der Waals surface area (Å²) in [6.07, 6.45) is 0.571. The van der Waals surface area contributed by atoms with E-state index in [1.54, 1.807) is 12.1 Å². The predicted octanol–water partition coefficient (Wildman–Crippen LogP) is 3.36. The summed E-state index contributed by atoms with van der Waals surface area (Å²) in [5.74, 6) is -0.269. The van der Waals surface area contributed by atoms with E-state index in [1.807, 2.05) is 24.6 Å². The van der Waals surface area contributed by atoms with Crippen LogP contribution in [-0.2, 0) is 13.0 Å². The molecule has 1 aromatic carbocycles. The molecular formula is C14H17BrFN3. The van der Waals surface area contributed by atoms with E-state index in [0.717, 1.165) is 22.4 Å². The fraction of sp³-hybridized carbons (Fsp3) is 0.357. The maximum absolute atomic E-state index is 13.8. The number of hydrogen-bond donors (Lipinski definition) is 1. The molecule has 0 aliphatic heterocycles. The van der Waals surface area contributed by atoms with Crippen LogP contribution in [0.25, 0.3) is 0 Å². The predicted molar refractivity (Wildman–Crippen MR) is 77.4 cm³/mol. The molecule has 1 heterocycles. The number of benzene rings is 1. The number of hydrogen-bond acceptors (Lipinski definition) is 2. The molecule has 0 radical (unpaired) electrons. The second-order valence-corrected chi connectivity index (χ2v) is 5.48. The molecule has 0 spiro atoms. The Morgan fingerprint density at radius 3 is 2.84 bits per heavy atom. The van der Waals surface area contributed by atoms with Gasteiger partial charge in [0.15, 0.2) is 0 Å². The maximum atomic E-state index is 13.8. The van der Waals surface area contributed by atoms with Crippen LogP contribution < -0.4 is 5.73 Å². The summed E-state index contributed by atoms with van der Waals surface area (Å²) in [6.45, 7) is 4.76. The molecule has 2 rings (SSSR count). The average molecular weight is 326 g/mol. The Morgan fingerprint density at radius 1 is 1.42 bits per heavy atom. The van der Waals surface area contributed by atoms with Crippen molar-refractivity contribution in [3.05, 3.63) is 51.5 Å². The molecule has 19 heavy (non-hydrogen) atoms. The van der Waals surface area contributed by atoms with Gasteiger partial charge < -0.3 is 5.73 Å². The zero-order chi connectivity index (χ0) is 14.0. The van der Waals surface area contributed by atoms with Crippen molar-refractivity contribution >= 4 is 15.9 Å². The first-order valence-corrected chi connectivity index (χ1v) is 7.04. The summed E-state index contributed by atoms with van der Waals surface area (Å²) in [6, 6.07) is 6.46. The van der Waals surface area contributed by atoms with Crippen LogP contribution in [0.2, 0.25) is 0 Å². The number of aromatic nitrogens is 2. The lowest BCUT2D eigenvalue weighted by Gasteiger charge is -2.14. The van der Waals surface area contributed by atoms with E-state index >= 15 is 0 Å². The first-order chi connectivity index (χ1) is 9.01. The highest BCUT2D eigenvalue weighted by Gasteiger charge is 2.15. The van der Waals surface area contributed by atoms with Gasteiger partial charge in [0, 0.05) is 34.7 Å². The van der Waals surface area contributed by atoms with Crippen molar-refractivity contribution in [1.82, 2.24) is 9.78 Å². The molecule has 2 aromatic rings. The largest absolute Gasteiger partial charge is 0.324 e. The minimum absolute atomic E-state index is 0.269. The third-order valence-electron chi connectivity index (χ3n) is 3.07. The zero-order valence-electron chi connectivity index (χ0n) is 11.0. The Hall–Kier alpha value is -1.20. The molecule has 0 bridgehead atoms. The highest BCUT2D eigenvalue weighted by atomic mass is 79.9. The summed E-state index contributed by atoms with van der Waals surface area (Å²) in [4.78, 5) is 0. The molecule has 1 aromatic heterocycles. The highest BCUT2D eigenvalue weighted by Crippen LogP contribution is 2.23. The van der Waals surface area contributed by atoms with Gasteiger partial charge in [-0.25, -0.2) is 4.39 Å². The van der Waals surface area contributed by atoms with Crippen molar-refractivity contribution in [3.63, 3.8) is 0 Å². The normalized spacial score (nSPS) is 12.7. The lowest BCUT2D eigenvalue weighted by atomic mass is 10.0. The maximum Gasteiger partial charge on any atom is 0.128 e. The van der Waals surface area contributed by atoms with Crippen molar-refractivity contribution in [1.29, 1.82) is 0 Å². The van der Waals surface area contributed by atoms with Crippen LogP contribution in [0, 0.1) is 12.7 Å². The summed E-state index contributed by atoms with van der Waals surface area (Å²) in [5, 5.41) is 4.37. The van der Waals surface area contributed by atoms with Crippen molar-refractivity contribution in [3.8, 4) is 0 Å². The summed E-state index contributed by atoms with van der Waals surface area (Å²) in [5.41, 5.74) is 8.64. The van der Waals surface area contributed by atoms with E-state index in [0.29, 0.717) is 12.0 Å². The van der Waals surface area contributed by atoms with Crippen molar-refractivity contribution in [2.45, 2.75) is 32.9 Å². The second-order valence-electron chi connectivity index (χ2n) is 4.57. The molecule has 102 valence electrons. The van der Waals surface area contributed by atoms with Gasteiger partial charge in [-0.3, -0.25) is 4.68 Å². The van der Waals surface area contributed by atoms with Crippen molar-refractivity contribution in [2.24, 2.45) is 5.73 Å². The van der Waals surface area contributed by atoms with Crippen LogP contribution in [0.1, 0.15) is 29.9 Å². The second kappa shape index (κ2) is 5.84. The van der Waals surface area contributed by atoms with Gasteiger partial charge in [0.05, 0.1) is 5.69 Å². The number of nitrogens with two attached hydrogens (primary N) is 1. The Morgan fingerprint density at radius 2 is 2.16 bits per heavy atom. The van der Waals surface area contributed by atoms with E-state index in [1.165, 1.54) is 6.07 Å². The van der Waals surface area contributed by atoms with Crippen molar-refractivity contribution < 1.29 is 4.39 Å². The van der Waals surface area contributed by atoms with E-state index in [2.05, 4.69) is 21.0 Å². The summed E-state index contributed by atoms with van der Waals surface area (Å²) < 4.78 is 16.5. The summed E-state index contributed by atoms with van der Waals surface area (Å²) >= 11 is 3.34. The zero-order valence-corrected chi connectivity index (χ0v) is 12.6. The fourth-order valence-electron chi connectivity index (χ4n) is 2.17. The van der Waals surface area contributed by atoms with Crippen LogP contribution in [0.15, 0.2) is 28.7 Å². The van der Waals surface area contributed by atoms with E-state index < -0.39 is 0 Å². The highest BCUT2D eigenvalue weighted by molar-refractivity contribution is 9.10. The summed E-state index contributed by atoms with van der Waals surface area (Å²) in [7, 11) is 0. The van der Waals surface area contributed by atoms with Crippen LogP contribution in [-0.4, -0.2) is 9.78 Å². The Kier molecular flexibility index (Phi) is 4.37. The van der Waals surface area contributed by atoms with Crippen LogP contribution in [0.4, 0.5) is 4.39 Å². The van der Waals surface area contributed by atoms with Gasteiger partial charge in [-0.1, -0.05) is 15.9 Å². The number of halogens is 2. The van der Waals surface area contributed by atoms with Gasteiger partial charge in [0.1, 0.15) is 5.82 Å². The molecule has 0 aliphatic carbocycles. The number of aryl methyl sites for hydroxylation is 2. The smallest absolute Gasteiger partial charge is 0.128 e. The first-order valence-electron chi connectivity index (χ1n) is 6.25. The SMILES string of the molecule is CCn1nc(C)cc1CC(N)c1cc(Br)ccc1F. The van der Waals surface area contributed by atoms with Gasteiger partial charge >= 0.3 is 0 Å².